The van der Waals surface area contributed by atoms with Crippen LogP contribution in [0.1, 0.15) is 53.6 Å². The molecule has 3 aliphatic rings. The number of sulfonamides is 1. The van der Waals surface area contributed by atoms with Crippen molar-refractivity contribution in [1.29, 1.82) is 0 Å². The number of rotatable bonds is 6. The van der Waals surface area contributed by atoms with E-state index in [2.05, 4.69) is 41.8 Å². The summed E-state index contributed by atoms with van der Waals surface area (Å²) in [6, 6.07) is 11.0. The van der Waals surface area contributed by atoms with Crippen molar-refractivity contribution in [2.75, 3.05) is 49.7 Å². The lowest BCUT2D eigenvalue weighted by Gasteiger charge is -2.38. The van der Waals surface area contributed by atoms with Crippen molar-refractivity contribution in [2.45, 2.75) is 56.9 Å². The molecule has 2 aromatic rings. The Kier molecular flexibility index (Phi) is 7.13. The number of ketones is 1. The molecule has 2 fully saturated rings. The number of nitrogens with zero attached hydrogens (tertiary/aromatic N) is 4. The van der Waals surface area contributed by atoms with E-state index in [9.17, 15) is 18.0 Å². The largest absolute Gasteiger partial charge is 0.369 e. The molecule has 37 heavy (non-hydrogen) atoms. The molecule has 5 rings (SSSR count). The molecule has 0 bridgehead atoms. The summed E-state index contributed by atoms with van der Waals surface area (Å²) >= 11 is 0. The molecular formula is C28H36N4O4S. The van der Waals surface area contributed by atoms with Crippen LogP contribution in [0.5, 0.6) is 0 Å². The van der Waals surface area contributed by atoms with E-state index in [0.717, 1.165) is 58.3 Å². The molecule has 0 atom stereocenters. The molecule has 2 aromatic carbocycles. The molecule has 8 nitrogen and oxygen atoms in total. The molecule has 0 N–H and O–H groups in total. The van der Waals surface area contributed by atoms with Crippen molar-refractivity contribution in [2.24, 2.45) is 0 Å². The number of benzene rings is 2. The van der Waals surface area contributed by atoms with Crippen molar-refractivity contribution < 1.29 is 18.0 Å². The first-order valence-corrected chi connectivity index (χ1v) is 14.6. The van der Waals surface area contributed by atoms with E-state index in [0.29, 0.717) is 12.4 Å². The van der Waals surface area contributed by atoms with Gasteiger partial charge in [0.25, 0.3) is 5.78 Å². The van der Waals surface area contributed by atoms with Gasteiger partial charge in [0.1, 0.15) is 0 Å². The van der Waals surface area contributed by atoms with Crippen LogP contribution in [-0.2, 0) is 14.8 Å². The standard InChI is InChI=1S/C28H36N4O4S/c1-20-9-10-21(2)26(17-20)31-15-13-30(14-16-31)19-32-25-12-11-23(18-24(25)27(33)28(32)34)37(35,36)29(3)22-7-5-4-6-8-22/h9-12,17-18,22H,4-8,13-16,19H2,1-3H3. The van der Waals surface area contributed by atoms with E-state index in [1.807, 2.05) is 0 Å². The zero-order chi connectivity index (χ0) is 26.3. The van der Waals surface area contributed by atoms with Crippen LogP contribution in [-0.4, -0.2) is 75.3 Å². The molecule has 2 heterocycles. The molecule has 1 amide bonds. The second kappa shape index (κ2) is 10.2. The minimum Gasteiger partial charge on any atom is -0.369 e. The SMILES string of the molecule is Cc1ccc(C)c(N2CCN(CN3C(=O)C(=O)c4cc(S(=O)(=O)N(C)C5CCCCC5)ccc43)CC2)c1. The number of carbonyl (C=O) groups is 2. The quantitative estimate of drug-likeness (QED) is 0.538. The monoisotopic (exact) mass is 524 g/mol. The van der Waals surface area contributed by atoms with Crippen LogP contribution in [0, 0.1) is 13.8 Å². The highest BCUT2D eigenvalue weighted by molar-refractivity contribution is 7.89. The Morgan fingerprint density at radius 1 is 0.892 bits per heavy atom. The third kappa shape index (κ3) is 4.92. The van der Waals surface area contributed by atoms with Gasteiger partial charge in [0, 0.05) is 45.0 Å². The summed E-state index contributed by atoms with van der Waals surface area (Å²) in [6.07, 6.45) is 4.88. The Labute approximate surface area is 219 Å². The number of Topliss-reactive ketones (excluding diaryl/α,β-unsaturated/α-hetero) is 1. The van der Waals surface area contributed by atoms with Gasteiger partial charge in [-0.2, -0.15) is 4.31 Å². The van der Waals surface area contributed by atoms with E-state index < -0.39 is 21.7 Å². The highest BCUT2D eigenvalue weighted by Crippen LogP contribution is 2.34. The van der Waals surface area contributed by atoms with Crippen LogP contribution in [0.2, 0.25) is 0 Å². The molecule has 0 radical (unpaired) electrons. The fraction of sp³-hybridized carbons (Fsp3) is 0.500. The molecule has 0 spiro atoms. The molecule has 1 saturated heterocycles. The Hall–Kier alpha value is -2.75. The second-order valence-corrected chi connectivity index (χ2v) is 12.6. The smallest absolute Gasteiger partial charge is 0.300 e. The fourth-order valence-electron chi connectivity index (χ4n) is 5.78. The minimum absolute atomic E-state index is 0.0249. The van der Waals surface area contributed by atoms with Gasteiger partial charge in [0.2, 0.25) is 10.0 Å². The number of anilines is 2. The van der Waals surface area contributed by atoms with Gasteiger partial charge in [-0.15, -0.1) is 0 Å². The summed E-state index contributed by atoms with van der Waals surface area (Å²) in [5.41, 5.74) is 4.38. The predicted molar refractivity (Wildman–Crippen MR) is 145 cm³/mol. The maximum atomic E-state index is 13.3. The molecular weight excluding hydrogens is 488 g/mol. The van der Waals surface area contributed by atoms with Crippen LogP contribution in [0.15, 0.2) is 41.3 Å². The van der Waals surface area contributed by atoms with E-state index >= 15 is 0 Å². The average Bonchev–Trinajstić information content (AvgIpc) is 3.15. The zero-order valence-electron chi connectivity index (χ0n) is 21.9. The number of fused-ring (bicyclic) bond motifs is 1. The van der Waals surface area contributed by atoms with Crippen LogP contribution >= 0.6 is 0 Å². The van der Waals surface area contributed by atoms with Gasteiger partial charge in [-0.1, -0.05) is 31.4 Å². The summed E-state index contributed by atoms with van der Waals surface area (Å²) in [5, 5.41) is 0. The van der Waals surface area contributed by atoms with Gasteiger partial charge in [0.05, 0.1) is 22.8 Å². The summed E-state index contributed by atoms with van der Waals surface area (Å²) in [7, 11) is -2.13. The Morgan fingerprint density at radius 3 is 2.30 bits per heavy atom. The van der Waals surface area contributed by atoms with Crippen molar-refractivity contribution in [3.05, 3.63) is 53.1 Å². The van der Waals surface area contributed by atoms with E-state index in [4.69, 9.17) is 0 Å². The maximum absolute atomic E-state index is 13.3. The van der Waals surface area contributed by atoms with Gasteiger partial charge in [-0.25, -0.2) is 8.42 Å². The van der Waals surface area contributed by atoms with Gasteiger partial charge < -0.3 is 4.90 Å². The first kappa shape index (κ1) is 25.9. The van der Waals surface area contributed by atoms with Gasteiger partial charge in [-0.3, -0.25) is 19.4 Å². The summed E-state index contributed by atoms with van der Waals surface area (Å²) < 4.78 is 28.1. The first-order chi connectivity index (χ1) is 17.7. The lowest BCUT2D eigenvalue weighted by Crippen LogP contribution is -2.51. The van der Waals surface area contributed by atoms with Crippen LogP contribution < -0.4 is 9.80 Å². The number of hydrogen-bond acceptors (Lipinski definition) is 6. The number of hydrogen-bond donors (Lipinski definition) is 0. The Bertz CT molecular complexity index is 1310. The average molecular weight is 525 g/mol. The third-order valence-electron chi connectivity index (χ3n) is 8.13. The summed E-state index contributed by atoms with van der Waals surface area (Å²) in [6.45, 7) is 7.71. The summed E-state index contributed by atoms with van der Waals surface area (Å²) in [5.74, 6) is -1.23. The number of carbonyl (C=O) groups excluding carboxylic acids is 2. The maximum Gasteiger partial charge on any atom is 0.300 e. The van der Waals surface area contributed by atoms with E-state index in [-0.39, 0.29) is 16.5 Å². The first-order valence-electron chi connectivity index (χ1n) is 13.2. The van der Waals surface area contributed by atoms with Crippen molar-refractivity contribution in [3.8, 4) is 0 Å². The summed E-state index contributed by atoms with van der Waals surface area (Å²) in [4.78, 5) is 31.9. The van der Waals surface area contributed by atoms with Crippen molar-refractivity contribution in [1.82, 2.24) is 9.21 Å². The van der Waals surface area contributed by atoms with Gasteiger partial charge in [0.15, 0.2) is 0 Å². The molecule has 0 aromatic heterocycles. The van der Waals surface area contributed by atoms with Crippen molar-refractivity contribution >= 4 is 33.1 Å². The highest BCUT2D eigenvalue weighted by Gasteiger charge is 2.39. The minimum atomic E-state index is -3.75. The van der Waals surface area contributed by atoms with Crippen LogP contribution in [0.3, 0.4) is 0 Å². The third-order valence-corrected chi connectivity index (χ3v) is 10.0. The van der Waals surface area contributed by atoms with Crippen LogP contribution in [0.4, 0.5) is 11.4 Å². The lowest BCUT2D eigenvalue weighted by atomic mass is 9.96. The molecule has 1 saturated carbocycles. The fourth-order valence-corrected chi connectivity index (χ4v) is 7.22. The zero-order valence-corrected chi connectivity index (χ0v) is 22.8. The van der Waals surface area contributed by atoms with Crippen LogP contribution in [0.25, 0.3) is 0 Å². The highest BCUT2D eigenvalue weighted by atomic mass is 32.2. The van der Waals surface area contributed by atoms with Crippen molar-refractivity contribution in [3.63, 3.8) is 0 Å². The lowest BCUT2D eigenvalue weighted by molar-refractivity contribution is -0.114. The second-order valence-electron chi connectivity index (χ2n) is 10.6. The Balaban J connectivity index is 1.29. The topological polar surface area (TPSA) is 81.2 Å². The van der Waals surface area contributed by atoms with E-state index in [1.165, 1.54) is 38.2 Å². The molecule has 2 aliphatic heterocycles. The molecule has 1 aliphatic carbocycles. The number of piperazine rings is 1. The number of amides is 1. The molecule has 198 valence electrons. The van der Waals surface area contributed by atoms with Gasteiger partial charge >= 0.3 is 5.91 Å². The predicted octanol–water partition coefficient (Wildman–Crippen LogP) is 3.57. The molecule has 9 heteroatoms. The molecule has 0 unspecified atom stereocenters. The Morgan fingerprint density at radius 2 is 1.59 bits per heavy atom. The normalized spacial score (nSPS) is 19.7. The number of aryl methyl sites for hydroxylation is 2. The van der Waals surface area contributed by atoms with E-state index in [1.54, 1.807) is 13.1 Å². The van der Waals surface area contributed by atoms with Gasteiger partial charge in [-0.05, 0) is 62.1 Å².